The molecule has 0 saturated carbocycles. The van der Waals surface area contributed by atoms with Crippen LogP contribution in [0.25, 0.3) is 0 Å². The van der Waals surface area contributed by atoms with Crippen LogP contribution in [0, 0.1) is 0 Å². The number of anilines is 2. The van der Waals surface area contributed by atoms with Crippen LogP contribution in [0.5, 0.6) is 0 Å². The van der Waals surface area contributed by atoms with E-state index in [0.717, 1.165) is 78.0 Å². The van der Waals surface area contributed by atoms with E-state index < -0.39 is 0 Å². The van der Waals surface area contributed by atoms with Crippen LogP contribution in [0.3, 0.4) is 0 Å². The van der Waals surface area contributed by atoms with Crippen molar-refractivity contribution in [2.75, 3.05) is 55.8 Å². The van der Waals surface area contributed by atoms with Crippen molar-refractivity contribution < 1.29 is 14.2 Å². The summed E-state index contributed by atoms with van der Waals surface area (Å²) in [6.45, 7) is 11.0. The molecule has 3 fully saturated rings. The van der Waals surface area contributed by atoms with E-state index in [2.05, 4.69) is 60.0 Å². The number of epoxide rings is 3. The zero-order valence-corrected chi connectivity index (χ0v) is 21.4. The molecule has 3 heterocycles. The lowest BCUT2D eigenvalue weighted by atomic mass is 9.97. The number of ether oxygens (including phenoxy) is 3. The summed E-state index contributed by atoms with van der Waals surface area (Å²) in [5, 5.41) is 0. The van der Waals surface area contributed by atoms with Crippen LogP contribution in [0.1, 0.15) is 42.5 Å². The van der Waals surface area contributed by atoms with Crippen molar-refractivity contribution in [1.82, 2.24) is 0 Å². The summed E-state index contributed by atoms with van der Waals surface area (Å²) < 4.78 is 16.6. The fourth-order valence-electron chi connectivity index (χ4n) is 5.04. The van der Waals surface area contributed by atoms with Crippen LogP contribution in [-0.4, -0.2) is 72.2 Å². The third-order valence-corrected chi connectivity index (χ3v) is 7.25. The van der Waals surface area contributed by atoms with Gasteiger partial charge in [0.05, 0.1) is 46.0 Å². The Labute approximate surface area is 212 Å². The lowest BCUT2D eigenvalue weighted by Crippen LogP contribution is -2.32. The number of rotatable bonds is 15. The average Bonchev–Trinajstić information content (AvgIpc) is 3.72. The number of benzene rings is 2. The second kappa shape index (κ2) is 11.4. The van der Waals surface area contributed by atoms with Crippen molar-refractivity contribution in [2.24, 2.45) is 0 Å². The number of aryl methyl sites for hydroxylation is 2. The Bertz CT molecular complexity index is 974. The summed E-state index contributed by atoms with van der Waals surface area (Å²) in [4.78, 5) is 4.94. The Hall–Kier alpha value is -2.02. The fraction of sp³-hybridized carbons (Fsp3) is 0.586. The molecule has 3 saturated heterocycles. The molecule has 5 nitrogen and oxygen atoms in total. The highest BCUT2D eigenvalue weighted by molar-refractivity contribution is 6.08. The standard InChI is InChI=1S/C29H39BN2O3/c1-3-23-13-21(6-8-28(23)31(11-5-10-30)15-25-18-33-25)12-22-7-9-29(24(4-2)14-22)32(16-26-19-34-26)17-27-20-35-27/h6-9,13-14,25-27H,3-5,10-12,15-20H2,1-2H3. The highest BCUT2D eigenvalue weighted by atomic mass is 16.6. The number of hydrogen-bond donors (Lipinski definition) is 0. The highest BCUT2D eigenvalue weighted by Crippen LogP contribution is 2.30. The molecule has 0 aromatic heterocycles. The molecule has 35 heavy (non-hydrogen) atoms. The quantitative estimate of drug-likeness (QED) is 0.286. The van der Waals surface area contributed by atoms with Crippen LogP contribution < -0.4 is 9.80 Å². The summed E-state index contributed by atoms with van der Waals surface area (Å²) in [5.41, 5.74) is 8.24. The van der Waals surface area contributed by atoms with E-state index in [4.69, 9.17) is 22.1 Å². The Morgan fingerprint density at radius 3 is 1.63 bits per heavy atom. The highest BCUT2D eigenvalue weighted by Gasteiger charge is 2.31. The van der Waals surface area contributed by atoms with Gasteiger partial charge in [0.25, 0.3) is 0 Å². The van der Waals surface area contributed by atoms with Gasteiger partial charge in [-0.15, -0.1) is 0 Å². The molecule has 3 aliphatic heterocycles. The van der Waals surface area contributed by atoms with Gasteiger partial charge in [-0.2, -0.15) is 0 Å². The minimum absolute atomic E-state index is 0.375. The van der Waals surface area contributed by atoms with Crippen molar-refractivity contribution in [3.8, 4) is 0 Å². The Kier molecular flexibility index (Phi) is 8.01. The molecule has 0 bridgehead atoms. The molecule has 5 rings (SSSR count). The minimum Gasteiger partial charge on any atom is -0.371 e. The summed E-state index contributed by atoms with van der Waals surface area (Å²) in [5.74, 6) is 0. The van der Waals surface area contributed by atoms with Crippen LogP contribution in [0.15, 0.2) is 36.4 Å². The summed E-state index contributed by atoms with van der Waals surface area (Å²) in [7, 11) is 5.81. The summed E-state index contributed by atoms with van der Waals surface area (Å²) in [6, 6.07) is 14.0. The van der Waals surface area contributed by atoms with Gasteiger partial charge in [0.2, 0.25) is 0 Å². The second-order valence-electron chi connectivity index (χ2n) is 10.2. The molecule has 3 aliphatic rings. The van der Waals surface area contributed by atoms with Crippen LogP contribution >= 0.6 is 0 Å². The minimum atomic E-state index is 0.375. The topological polar surface area (TPSA) is 44.1 Å². The normalized spacial score (nSPS) is 22.2. The van der Waals surface area contributed by atoms with Gasteiger partial charge in [-0.05, 0) is 60.1 Å². The molecule has 0 aliphatic carbocycles. The molecule has 186 valence electrons. The van der Waals surface area contributed by atoms with E-state index in [1.165, 1.54) is 33.6 Å². The molecule has 0 spiro atoms. The second-order valence-corrected chi connectivity index (χ2v) is 10.2. The Morgan fingerprint density at radius 1 is 0.743 bits per heavy atom. The molecule has 3 unspecified atom stereocenters. The van der Waals surface area contributed by atoms with Gasteiger partial charge in [0.15, 0.2) is 0 Å². The zero-order chi connectivity index (χ0) is 24.2. The average molecular weight is 474 g/mol. The SMILES string of the molecule is [B]CCCN(CC1CO1)c1ccc(Cc2ccc(N(CC3CO3)CC3CO3)c(CC)c2)cc1CC. The third-order valence-electron chi connectivity index (χ3n) is 7.25. The summed E-state index contributed by atoms with van der Waals surface area (Å²) in [6.07, 6.45) is 5.84. The fourth-order valence-corrected chi connectivity index (χ4v) is 5.04. The van der Waals surface area contributed by atoms with E-state index in [0.29, 0.717) is 18.3 Å². The van der Waals surface area contributed by atoms with Gasteiger partial charge in [-0.25, -0.2) is 0 Å². The first-order chi connectivity index (χ1) is 17.2. The van der Waals surface area contributed by atoms with Gasteiger partial charge in [0, 0.05) is 37.6 Å². The first kappa shape index (κ1) is 24.7. The van der Waals surface area contributed by atoms with Gasteiger partial charge in [-0.3, -0.25) is 0 Å². The van der Waals surface area contributed by atoms with E-state index >= 15 is 0 Å². The maximum atomic E-state index is 5.81. The largest absolute Gasteiger partial charge is 0.371 e. The lowest BCUT2D eigenvalue weighted by Gasteiger charge is -2.27. The molecular formula is C29H39BN2O3. The van der Waals surface area contributed by atoms with E-state index in [-0.39, 0.29) is 0 Å². The van der Waals surface area contributed by atoms with Crippen molar-refractivity contribution >= 4 is 19.2 Å². The molecule has 2 aromatic rings. The number of nitrogens with zero attached hydrogens (tertiary/aromatic N) is 2. The maximum Gasteiger partial charge on any atom is 0.0984 e. The van der Waals surface area contributed by atoms with Crippen molar-refractivity contribution in [1.29, 1.82) is 0 Å². The van der Waals surface area contributed by atoms with Crippen molar-refractivity contribution in [3.63, 3.8) is 0 Å². The van der Waals surface area contributed by atoms with Gasteiger partial charge >= 0.3 is 0 Å². The molecule has 6 heteroatoms. The lowest BCUT2D eigenvalue weighted by molar-refractivity contribution is 0.389. The third kappa shape index (κ3) is 6.81. The number of hydrogen-bond acceptors (Lipinski definition) is 5. The van der Waals surface area contributed by atoms with Gasteiger partial charge in [0.1, 0.15) is 0 Å². The van der Waals surface area contributed by atoms with Gasteiger partial charge < -0.3 is 24.0 Å². The molecule has 2 radical (unpaired) electrons. The van der Waals surface area contributed by atoms with Crippen LogP contribution in [0.2, 0.25) is 6.32 Å². The smallest absolute Gasteiger partial charge is 0.0984 e. The van der Waals surface area contributed by atoms with Crippen LogP contribution in [0.4, 0.5) is 11.4 Å². The molecule has 2 aromatic carbocycles. The van der Waals surface area contributed by atoms with Crippen molar-refractivity contribution in [3.05, 3.63) is 58.7 Å². The van der Waals surface area contributed by atoms with E-state index in [1.54, 1.807) is 0 Å². The Balaban J connectivity index is 1.32. The molecule has 0 N–H and O–H groups in total. The Morgan fingerprint density at radius 2 is 1.20 bits per heavy atom. The monoisotopic (exact) mass is 474 g/mol. The molecule has 3 atom stereocenters. The predicted octanol–water partition coefficient (Wildman–Crippen LogP) is 4.19. The summed E-state index contributed by atoms with van der Waals surface area (Å²) >= 11 is 0. The molecule has 0 amide bonds. The first-order valence-corrected chi connectivity index (χ1v) is 13.4. The molecular weight excluding hydrogens is 435 g/mol. The van der Waals surface area contributed by atoms with Crippen LogP contribution in [-0.2, 0) is 33.5 Å². The zero-order valence-electron chi connectivity index (χ0n) is 21.4. The van der Waals surface area contributed by atoms with E-state index in [1.807, 2.05) is 0 Å². The first-order valence-electron chi connectivity index (χ1n) is 13.4. The van der Waals surface area contributed by atoms with E-state index in [9.17, 15) is 0 Å². The maximum absolute atomic E-state index is 5.81. The van der Waals surface area contributed by atoms with Crippen molar-refractivity contribution in [2.45, 2.75) is 64.2 Å². The predicted molar refractivity (Wildman–Crippen MR) is 143 cm³/mol. The van der Waals surface area contributed by atoms with Gasteiger partial charge in [-0.1, -0.05) is 44.4 Å².